The molecule has 5 heteroatoms. The van der Waals surface area contributed by atoms with Crippen molar-refractivity contribution in [2.45, 2.75) is 44.2 Å². The number of rotatable bonds is 5. The number of likely N-dealkylation sites (tertiary alicyclic amines) is 2. The Kier molecular flexibility index (Phi) is 6.45. The lowest BCUT2D eigenvalue weighted by Gasteiger charge is -2.43. The molecule has 21 heavy (non-hydrogen) atoms. The second kappa shape index (κ2) is 8.11. The molecule has 2 rings (SSSR count). The number of hydrogen-bond acceptors (Lipinski definition) is 5. The molecular weight excluding hydrogens is 266 g/mol. The molecule has 0 aromatic carbocycles. The van der Waals surface area contributed by atoms with Gasteiger partial charge in [0, 0.05) is 12.6 Å². The minimum absolute atomic E-state index is 0.00419. The third kappa shape index (κ3) is 4.94. The molecular formula is C16H31N3O2. The quantitative estimate of drug-likeness (QED) is 0.709. The highest BCUT2D eigenvalue weighted by Gasteiger charge is 2.35. The summed E-state index contributed by atoms with van der Waals surface area (Å²) >= 11 is 0. The number of ether oxygens (including phenoxy) is 1. The van der Waals surface area contributed by atoms with Crippen LogP contribution in [0.2, 0.25) is 0 Å². The van der Waals surface area contributed by atoms with Gasteiger partial charge < -0.3 is 14.5 Å². The van der Waals surface area contributed by atoms with Gasteiger partial charge in [-0.05, 0) is 66.5 Å². The van der Waals surface area contributed by atoms with Crippen molar-refractivity contribution in [3.8, 4) is 0 Å². The van der Waals surface area contributed by atoms with Crippen LogP contribution in [0.1, 0.15) is 32.1 Å². The molecule has 1 unspecified atom stereocenters. The topological polar surface area (TPSA) is 36.0 Å². The maximum Gasteiger partial charge on any atom is 0.323 e. The van der Waals surface area contributed by atoms with E-state index in [0.717, 1.165) is 39.0 Å². The average Bonchev–Trinajstić information content (AvgIpc) is 2.47. The van der Waals surface area contributed by atoms with E-state index in [9.17, 15) is 4.79 Å². The summed E-state index contributed by atoms with van der Waals surface area (Å²) in [5.41, 5.74) is 0. The van der Waals surface area contributed by atoms with Crippen molar-refractivity contribution in [2.75, 3.05) is 53.9 Å². The van der Waals surface area contributed by atoms with E-state index < -0.39 is 0 Å². The van der Waals surface area contributed by atoms with Crippen molar-refractivity contribution >= 4 is 5.97 Å². The molecule has 0 bridgehead atoms. The van der Waals surface area contributed by atoms with Crippen LogP contribution in [0, 0.1) is 0 Å². The molecule has 0 spiro atoms. The van der Waals surface area contributed by atoms with Crippen molar-refractivity contribution in [3.05, 3.63) is 0 Å². The van der Waals surface area contributed by atoms with Crippen molar-refractivity contribution in [1.29, 1.82) is 0 Å². The van der Waals surface area contributed by atoms with Gasteiger partial charge in [-0.2, -0.15) is 0 Å². The minimum atomic E-state index is -0.00526. The molecule has 0 amide bonds. The van der Waals surface area contributed by atoms with Crippen LogP contribution in [0.3, 0.4) is 0 Å². The Morgan fingerprint density at radius 2 is 1.86 bits per heavy atom. The second-order valence-electron chi connectivity index (χ2n) is 6.75. The van der Waals surface area contributed by atoms with Crippen LogP contribution in [0.5, 0.6) is 0 Å². The monoisotopic (exact) mass is 297 g/mol. The second-order valence-corrected chi connectivity index (χ2v) is 6.75. The first-order valence-electron chi connectivity index (χ1n) is 8.33. The standard InChI is InChI=1S/C16H31N3O2/c1-17(2)12-13-21-16(20)15-6-4-5-9-19(15)14-7-10-18(3)11-8-14/h14-15H,4-13H2,1-3H3. The van der Waals surface area contributed by atoms with Gasteiger partial charge in [0.1, 0.15) is 12.6 Å². The predicted molar refractivity (Wildman–Crippen MR) is 84.4 cm³/mol. The summed E-state index contributed by atoms with van der Waals surface area (Å²) in [6, 6.07) is 0.558. The van der Waals surface area contributed by atoms with E-state index in [2.05, 4.69) is 16.8 Å². The zero-order valence-corrected chi connectivity index (χ0v) is 13.9. The summed E-state index contributed by atoms with van der Waals surface area (Å²) in [6.07, 6.45) is 5.69. The van der Waals surface area contributed by atoms with Gasteiger partial charge in [0.2, 0.25) is 0 Å². The smallest absolute Gasteiger partial charge is 0.323 e. The van der Waals surface area contributed by atoms with Gasteiger partial charge in [0.15, 0.2) is 0 Å². The molecule has 122 valence electrons. The van der Waals surface area contributed by atoms with Gasteiger partial charge in [-0.15, -0.1) is 0 Å². The summed E-state index contributed by atoms with van der Waals surface area (Å²) in [5, 5.41) is 0. The Morgan fingerprint density at radius 3 is 2.52 bits per heavy atom. The van der Waals surface area contributed by atoms with Crippen LogP contribution in [-0.4, -0.2) is 86.7 Å². The number of carbonyl (C=O) groups is 1. The molecule has 5 nitrogen and oxygen atoms in total. The van der Waals surface area contributed by atoms with Gasteiger partial charge in [-0.3, -0.25) is 9.69 Å². The molecule has 0 aromatic heterocycles. The largest absolute Gasteiger partial charge is 0.463 e. The van der Waals surface area contributed by atoms with E-state index in [-0.39, 0.29) is 12.0 Å². The van der Waals surface area contributed by atoms with E-state index >= 15 is 0 Å². The lowest BCUT2D eigenvalue weighted by molar-refractivity contribution is -0.153. The van der Waals surface area contributed by atoms with Gasteiger partial charge in [-0.25, -0.2) is 0 Å². The summed E-state index contributed by atoms with van der Waals surface area (Å²) in [6.45, 7) is 4.64. The third-order valence-electron chi connectivity index (χ3n) is 4.76. The average molecular weight is 297 g/mol. The van der Waals surface area contributed by atoms with Crippen LogP contribution in [0.25, 0.3) is 0 Å². The molecule has 0 aliphatic carbocycles. The Balaban J connectivity index is 1.87. The van der Waals surface area contributed by atoms with E-state index in [1.807, 2.05) is 19.0 Å². The van der Waals surface area contributed by atoms with E-state index in [4.69, 9.17) is 4.74 Å². The van der Waals surface area contributed by atoms with Crippen LogP contribution < -0.4 is 0 Å². The minimum Gasteiger partial charge on any atom is -0.463 e. The van der Waals surface area contributed by atoms with Crippen LogP contribution in [0.15, 0.2) is 0 Å². The number of esters is 1. The molecule has 0 aromatic rings. The van der Waals surface area contributed by atoms with E-state index in [1.165, 1.54) is 19.3 Å². The van der Waals surface area contributed by atoms with Crippen LogP contribution in [-0.2, 0) is 9.53 Å². The molecule has 0 N–H and O–H groups in total. The first-order chi connectivity index (χ1) is 10.1. The fourth-order valence-electron chi connectivity index (χ4n) is 3.40. The third-order valence-corrected chi connectivity index (χ3v) is 4.76. The number of carbonyl (C=O) groups excluding carboxylic acids is 1. The highest BCUT2D eigenvalue weighted by molar-refractivity contribution is 5.76. The zero-order valence-electron chi connectivity index (χ0n) is 13.9. The van der Waals surface area contributed by atoms with Crippen molar-refractivity contribution < 1.29 is 9.53 Å². The van der Waals surface area contributed by atoms with Gasteiger partial charge in [0.25, 0.3) is 0 Å². The molecule has 2 fully saturated rings. The zero-order chi connectivity index (χ0) is 15.2. The van der Waals surface area contributed by atoms with Crippen LogP contribution >= 0.6 is 0 Å². The molecule has 2 heterocycles. The number of piperidine rings is 2. The predicted octanol–water partition coefficient (Wildman–Crippen LogP) is 1.04. The fourth-order valence-corrected chi connectivity index (χ4v) is 3.40. The molecule has 2 aliphatic rings. The molecule has 0 saturated carbocycles. The molecule has 0 radical (unpaired) electrons. The Hall–Kier alpha value is -0.650. The van der Waals surface area contributed by atoms with Crippen molar-refractivity contribution in [2.24, 2.45) is 0 Å². The van der Waals surface area contributed by atoms with Crippen LogP contribution in [0.4, 0.5) is 0 Å². The lowest BCUT2D eigenvalue weighted by Crippen LogP contribution is -2.53. The number of hydrogen-bond donors (Lipinski definition) is 0. The van der Waals surface area contributed by atoms with Gasteiger partial charge >= 0.3 is 5.97 Å². The molecule has 1 atom stereocenters. The van der Waals surface area contributed by atoms with Gasteiger partial charge in [-0.1, -0.05) is 6.42 Å². The molecule has 2 aliphatic heterocycles. The summed E-state index contributed by atoms with van der Waals surface area (Å²) in [4.78, 5) is 19.3. The SMILES string of the molecule is CN(C)CCOC(=O)C1CCCCN1C1CCN(C)CC1. The van der Waals surface area contributed by atoms with Crippen molar-refractivity contribution in [1.82, 2.24) is 14.7 Å². The number of likely N-dealkylation sites (N-methyl/N-ethyl adjacent to an activating group) is 1. The van der Waals surface area contributed by atoms with E-state index in [1.54, 1.807) is 0 Å². The van der Waals surface area contributed by atoms with E-state index in [0.29, 0.717) is 12.6 Å². The Labute approximate surface area is 129 Å². The lowest BCUT2D eigenvalue weighted by atomic mass is 9.95. The maximum absolute atomic E-state index is 12.4. The Bertz CT molecular complexity index is 327. The summed E-state index contributed by atoms with van der Waals surface area (Å²) < 4.78 is 5.50. The van der Waals surface area contributed by atoms with Gasteiger partial charge in [0.05, 0.1) is 0 Å². The maximum atomic E-state index is 12.4. The highest BCUT2D eigenvalue weighted by Crippen LogP contribution is 2.25. The summed E-state index contributed by atoms with van der Waals surface area (Å²) in [5.74, 6) is -0.00419. The Morgan fingerprint density at radius 1 is 1.14 bits per heavy atom. The fraction of sp³-hybridized carbons (Fsp3) is 0.938. The number of nitrogens with zero attached hydrogens (tertiary/aromatic N) is 3. The molecule has 2 saturated heterocycles. The first kappa shape index (κ1) is 16.7. The normalized spacial score (nSPS) is 26.2. The highest BCUT2D eigenvalue weighted by atomic mass is 16.5. The summed E-state index contributed by atoms with van der Waals surface area (Å²) in [7, 11) is 6.18. The first-order valence-corrected chi connectivity index (χ1v) is 8.33. The van der Waals surface area contributed by atoms with Crippen molar-refractivity contribution in [3.63, 3.8) is 0 Å².